The first-order valence-electron chi connectivity index (χ1n) is 7.66. The van der Waals surface area contributed by atoms with E-state index in [2.05, 4.69) is 26.2 Å². The number of aromatic nitrogens is 2. The molecule has 1 heterocycles. The summed E-state index contributed by atoms with van der Waals surface area (Å²) in [7, 11) is 0. The molecule has 0 aliphatic carbocycles. The number of carbonyl (C=O) groups excluding carboxylic acids is 1. The van der Waals surface area contributed by atoms with E-state index in [-0.39, 0.29) is 0 Å². The lowest BCUT2D eigenvalue weighted by Crippen LogP contribution is -2.24. The van der Waals surface area contributed by atoms with Gasteiger partial charge in [-0.15, -0.1) is 0 Å². The monoisotopic (exact) mass is 437 g/mol. The quantitative estimate of drug-likeness (QED) is 0.569. The molecule has 0 spiro atoms. The van der Waals surface area contributed by atoms with Crippen molar-refractivity contribution in [3.8, 4) is 5.69 Å². The van der Waals surface area contributed by atoms with Crippen LogP contribution >= 0.6 is 27.7 Å². The zero-order valence-corrected chi connectivity index (χ0v) is 16.0. The largest absolute Gasteiger partial charge is 0.320 e. The van der Waals surface area contributed by atoms with Crippen LogP contribution in [-0.4, -0.2) is 20.7 Å². The summed E-state index contributed by atoms with van der Waals surface area (Å²) in [6.45, 7) is 1.65. The van der Waals surface area contributed by atoms with E-state index in [0.29, 0.717) is 5.16 Å². The Morgan fingerprint density at radius 1 is 1.19 bits per heavy atom. The van der Waals surface area contributed by atoms with E-state index in [0.717, 1.165) is 22.3 Å². The molecular weight excluding hydrogens is 424 g/mol. The maximum absolute atomic E-state index is 13.7. The van der Waals surface area contributed by atoms with E-state index in [9.17, 15) is 13.6 Å². The van der Waals surface area contributed by atoms with E-state index in [1.807, 2.05) is 28.8 Å². The zero-order valence-electron chi connectivity index (χ0n) is 13.6. The van der Waals surface area contributed by atoms with Crippen molar-refractivity contribution in [2.75, 3.05) is 5.32 Å². The number of anilines is 1. The van der Waals surface area contributed by atoms with E-state index in [1.165, 1.54) is 17.8 Å². The molecule has 1 N–H and O–H groups in total. The summed E-state index contributed by atoms with van der Waals surface area (Å²) in [5, 5.41) is 2.30. The summed E-state index contributed by atoms with van der Waals surface area (Å²) in [5.41, 5.74) is 0.446. The number of para-hydroxylation sites is 1. The third kappa shape index (κ3) is 4.13. The number of thioether (sulfide) groups is 1. The normalized spacial score (nSPS) is 12.0. The van der Waals surface area contributed by atoms with Crippen LogP contribution in [0.5, 0.6) is 0 Å². The fourth-order valence-electron chi connectivity index (χ4n) is 2.23. The first-order chi connectivity index (χ1) is 12.5. The van der Waals surface area contributed by atoms with Crippen molar-refractivity contribution in [3.05, 3.63) is 71.0 Å². The minimum Gasteiger partial charge on any atom is -0.320 e. The smallest absolute Gasteiger partial charge is 0.237 e. The summed E-state index contributed by atoms with van der Waals surface area (Å²) < 4.78 is 30.2. The number of hydrogen-bond donors (Lipinski definition) is 1. The molecule has 1 amide bonds. The summed E-state index contributed by atoms with van der Waals surface area (Å²) >= 11 is 4.58. The van der Waals surface area contributed by atoms with Gasteiger partial charge in [-0.05, 0) is 43.3 Å². The molecule has 1 unspecified atom stereocenters. The third-order valence-corrected chi connectivity index (χ3v) is 5.18. The van der Waals surface area contributed by atoms with Crippen LogP contribution in [0.2, 0.25) is 0 Å². The molecule has 3 aromatic rings. The van der Waals surface area contributed by atoms with Crippen molar-refractivity contribution in [2.45, 2.75) is 17.3 Å². The zero-order chi connectivity index (χ0) is 18.7. The molecule has 0 bridgehead atoms. The Hall–Kier alpha value is -2.19. The van der Waals surface area contributed by atoms with Gasteiger partial charge in [0.05, 0.1) is 5.25 Å². The van der Waals surface area contributed by atoms with Crippen LogP contribution in [0, 0.1) is 11.6 Å². The first kappa shape index (κ1) is 18.6. The molecule has 8 heteroatoms. The highest BCUT2D eigenvalue weighted by Crippen LogP contribution is 2.27. The van der Waals surface area contributed by atoms with Crippen LogP contribution in [0.25, 0.3) is 5.69 Å². The molecular formula is C18H14BrF2N3OS. The second kappa shape index (κ2) is 8.01. The molecule has 0 aliphatic heterocycles. The Labute approximate surface area is 161 Å². The minimum atomic E-state index is -0.813. The molecule has 1 aromatic heterocycles. The number of rotatable bonds is 5. The maximum Gasteiger partial charge on any atom is 0.237 e. The van der Waals surface area contributed by atoms with Gasteiger partial charge in [-0.25, -0.2) is 13.8 Å². The molecule has 26 heavy (non-hydrogen) atoms. The number of amides is 1. The van der Waals surface area contributed by atoms with Crippen LogP contribution in [0.1, 0.15) is 6.92 Å². The van der Waals surface area contributed by atoms with Crippen LogP contribution < -0.4 is 5.32 Å². The van der Waals surface area contributed by atoms with Crippen molar-refractivity contribution in [1.82, 2.24) is 9.55 Å². The highest BCUT2D eigenvalue weighted by atomic mass is 79.9. The summed E-state index contributed by atoms with van der Waals surface area (Å²) in [6.07, 6.45) is 3.41. The molecule has 2 aromatic carbocycles. The molecule has 0 fully saturated rings. The molecule has 4 nitrogen and oxygen atoms in total. The number of hydrogen-bond acceptors (Lipinski definition) is 3. The van der Waals surface area contributed by atoms with Gasteiger partial charge in [-0.1, -0.05) is 33.8 Å². The summed E-state index contributed by atoms with van der Waals surface area (Å²) in [4.78, 5) is 16.6. The summed E-state index contributed by atoms with van der Waals surface area (Å²) in [6, 6.07) is 11.1. The van der Waals surface area contributed by atoms with Gasteiger partial charge in [0.2, 0.25) is 5.91 Å². The number of imidazole rings is 1. The Morgan fingerprint density at radius 2 is 1.85 bits per heavy atom. The molecule has 0 aliphatic rings. The maximum atomic E-state index is 13.7. The van der Waals surface area contributed by atoms with Gasteiger partial charge in [-0.2, -0.15) is 0 Å². The van der Waals surface area contributed by atoms with Gasteiger partial charge < -0.3 is 5.32 Å². The highest BCUT2D eigenvalue weighted by Gasteiger charge is 2.20. The van der Waals surface area contributed by atoms with E-state index >= 15 is 0 Å². The highest BCUT2D eigenvalue weighted by molar-refractivity contribution is 9.10. The van der Waals surface area contributed by atoms with Gasteiger partial charge >= 0.3 is 0 Å². The number of nitrogens with zero attached hydrogens (tertiary/aromatic N) is 2. The Morgan fingerprint density at radius 3 is 2.50 bits per heavy atom. The lowest BCUT2D eigenvalue weighted by atomic mass is 10.3. The SMILES string of the molecule is CC(Sc1nccn1-c1ccc(Br)cc1)C(=O)Nc1c(F)cccc1F. The fourth-order valence-corrected chi connectivity index (χ4v) is 3.38. The van der Waals surface area contributed by atoms with Crippen molar-refractivity contribution in [2.24, 2.45) is 0 Å². The first-order valence-corrected chi connectivity index (χ1v) is 9.34. The molecule has 0 saturated heterocycles. The van der Waals surface area contributed by atoms with Gasteiger partial charge in [0.25, 0.3) is 0 Å². The predicted molar refractivity (Wildman–Crippen MR) is 102 cm³/mol. The Bertz CT molecular complexity index is 910. The molecule has 1 atom stereocenters. The minimum absolute atomic E-state index is 0.443. The number of carbonyl (C=O) groups is 1. The van der Waals surface area contributed by atoms with Gasteiger partial charge in [0.15, 0.2) is 5.16 Å². The number of nitrogens with one attached hydrogen (secondary N) is 1. The van der Waals surface area contributed by atoms with Gasteiger partial charge in [0, 0.05) is 22.6 Å². The average Bonchev–Trinajstić information content (AvgIpc) is 3.07. The van der Waals surface area contributed by atoms with Crippen molar-refractivity contribution in [3.63, 3.8) is 0 Å². The van der Waals surface area contributed by atoms with Crippen LogP contribution in [0.15, 0.2) is 64.5 Å². The predicted octanol–water partition coefficient (Wildman–Crippen LogP) is 5.03. The Kier molecular flexibility index (Phi) is 5.73. The van der Waals surface area contributed by atoms with Gasteiger partial charge in [0.1, 0.15) is 17.3 Å². The lowest BCUT2D eigenvalue weighted by molar-refractivity contribution is -0.115. The standard InChI is InChI=1S/C18H14BrF2N3OS/c1-11(17(25)23-16-14(20)3-2-4-15(16)21)26-18-22-9-10-24(18)13-7-5-12(19)6-8-13/h2-11H,1H3,(H,23,25). The van der Waals surface area contributed by atoms with Crippen LogP contribution in [-0.2, 0) is 4.79 Å². The van der Waals surface area contributed by atoms with E-state index in [1.54, 1.807) is 19.3 Å². The Balaban J connectivity index is 1.74. The third-order valence-electron chi connectivity index (χ3n) is 3.57. The van der Waals surface area contributed by atoms with Crippen molar-refractivity contribution < 1.29 is 13.6 Å². The van der Waals surface area contributed by atoms with Crippen molar-refractivity contribution in [1.29, 1.82) is 0 Å². The van der Waals surface area contributed by atoms with Crippen LogP contribution in [0.4, 0.5) is 14.5 Å². The molecule has 0 saturated carbocycles. The number of benzene rings is 2. The topological polar surface area (TPSA) is 46.9 Å². The fraction of sp³-hybridized carbons (Fsp3) is 0.111. The lowest BCUT2D eigenvalue weighted by Gasteiger charge is -2.14. The van der Waals surface area contributed by atoms with Crippen LogP contribution in [0.3, 0.4) is 0 Å². The molecule has 0 radical (unpaired) electrons. The van der Waals surface area contributed by atoms with Gasteiger partial charge in [-0.3, -0.25) is 9.36 Å². The van der Waals surface area contributed by atoms with E-state index < -0.39 is 28.5 Å². The second-order valence-electron chi connectivity index (χ2n) is 5.40. The van der Waals surface area contributed by atoms with E-state index in [4.69, 9.17) is 0 Å². The second-order valence-corrected chi connectivity index (χ2v) is 7.63. The average molecular weight is 438 g/mol. The molecule has 3 rings (SSSR count). The number of halogens is 3. The molecule has 134 valence electrons. The summed E-state index contributed by atoms with van der Waals surface area (Å²) in [5.74, 6) is -2.14. The van der Waals surface area contributed by atoms with Crippen molar-refractivity contribution >= 4 is 39.3 Å².